The number of nitrogens with zero attached hydrogens (tertiary/aromatic N) is 1. The average molecular weight is 293 g/mol. The lowest BCUT2D eigenvalue weighted by molar-refractivity contribution is 0.276. The third kappa shape index (κ3) is 3.05. The largest absolute Gasteiger partial charge is 0.394 e. The first-order chi connectivity index (χ1) is 8.31. The van der Waals surface area contributed by atoms with Crippen LogP contribution in [-0.2, 0) is 0 Å². The minimum Gasteiger partial charge on any atom is -0.394 e. The summed E-state index contributed by atoms with van der Waals surface area (Å²) in [6.45, 7) is 0.0209. The molecule has 0 amide bonds. The fraction of sp³-hybridized carbons (Fsp3) is 0.154. The van der Waals surface area contributed by atoms with Crippen molar-refractivity contribution in [2.45, 2.75) is 6.04 Å². The van der Waals surface area contributed by atoms with Crippen molar-refractivity contribution in [1.29, 1.82) is 0 Å². The van der Waals surface area contributed by atoms with Gasteiger partial charge in [0.05, 0.1) is 17.1 Å². The molecular formula is C13H13BrN2O. The highest BCUT2D eigenvalue weighted by Crippen LogP contribution is 2.23. The molecule has 2 aromatic rings. The number of hydrogen-bond acceptors (Lipinski definition) is 3. The fourth-order valence-electron chi connectivity index (χ4n) is 1.58. The van der Waals surface area contributed by atoms with Gasteiger partial charge >= 0.3 is 0 Å². The van der Waals surface area contributed by atoms with E-state index in [2.05, 4.69) is 26.2 Å². The second kappa shape index (κ2) is 5.80. The van der Waals surface area contributed by atoms with Crippen LogP contribution >= 0.6 is 15.9 Å². The number of pyridine rings is 1. The first kappa shape index (κ1) is 12.1. The zero-order valence-electron chi connectivity index (χ0n) is 9.18. The van der Waals surface area contributed by atoms with E-state index in [1.54, 1.807) is 6.20 Å². The lowest BCUT2D eigenvalue weighted by Gasteiger charge is -2.17. The Labute approximate surface area is 109 Å². The Balaban J connectivity index is 2.19. The van der Waals surface area contributed by atoms with Gasteiger partial charge in [0.25, 0.3) is 0 Å². The Morgan fingerprint density at radius 3 is 2.59 bits per heavy atom. The lowest BCUT2D eigenvalue weighted by Crippen LogP contribution is -2.15. The van der Waals surface area contributed by atoms with E-state index in [0.29, 0.717) is 0 Å². The monoisotopic (exact) mass is 292 g/mol. The summed E-state index contributed by atoms with van der Waals surface area (Å²) < 4.78 is 0.884. The maximum atomic E-state index is 9.43. The molecular weight excluding hydrogens is 280 g/mol. The molecule has 0 unspecified atom stereocenters. The van der Waals surface area contributed by atoms with Gasteiger partial charge in [0.2, 0.25) is 0 Å². The average Bonchev–Trinajstić information content (AvgIpc) is 2.39. The van der Waals surface area contributed by atoms with Crippen LogP contribution in [0.25, 0.3) is 0 Å². The van der Waals surface area contributed by atoms with Gasteiger partial charge in [0.15, 0.2) is 0 Å². The number of anilines is 1. The van der Waals surface area contributed by atoms with Crippen LogP contribution in [0.4, 0.5) is 5.82 Å². The molecule has 0 aliphatic rings. The predicted molar refractivity (Wildman–Crippen MR) is 71.8 cm³/mol. The van der Waals surface area contributed by atoms with Gasteiger partial charge < -0.3 is 10.4 Å². The molecule has 4 heteroatoms. The molecule has 17 heavy (non-hydrogen) atoms. The summed E-state index contributed by atoms with van der Waals surface area (Å²) >= 11 is 3.42. The summed E-state index contributed by atoms with van der Waals surface area (Å²) in [6, 6.07) is 13.4. The minimum absolute atomic E-state index is 0.0209. The Kier molecular flexibility index (Phi) is 4.12. The van der Waals surface area contributed by atoms with Gasteiger partial charge in [-0.25, -0.2) is 4.98 Å². The number of rotatable bonds is 4. The van der Waals surface area contributed by atoms with Gasteiger partial charge in [-0.2, -0.15) is 0 Å². The summed E-state index contributed by atoms with van der Waals surface area (Å²) in [7, 11) is 0. The molecule has 0 spiro atoms. The van der Waals surface area contributed by atoms with Crippen LogP contribution in [0.15, 0.2) is 53.1 Å². The highest BCUT2D eigenvalue weighted by atomic mass is 79.9. The SMILES string of the molecule is OC[C@@H](Nc1ncccc1Br)c1ccccc1. The van der Waals surface area contributed by atoms with Crippen LogP contribution in [-0.4, -0.2) is 16.7 Å². The molecule has 2 N–H and O–H groups in total. The fourth-order valence-corrected chi connectivity index (χ4v) is 1.95. The van der Waals surface area contributed by atoms with E-state index in [4.69, 9.17) is 0 Å². The number of halogens is 1. The van der Waals surface area contributed by atoms with E-state index in [1.807, 2.05) is 42.5 Å². The topological polar surface area (TPSA) is 45.1 Å². The zero-order valence-corrected chi connectivity index (χ0v) is 10.8. The number of aromatic nitrogens is 1. The molecule has 0 fully saturated rings. The van der Waals surface area contributed by atoms with Gasteiger partial charge in [-0.1, -0.05) is 30.3 Å². The first-order valence-electron chi connectivity index (χ1n) is 5.34. The molecule has 0 aliphatic carbocycles. The van der Waals surface area contributed by atoms with Crippen molar-refractivity contribution in [3.8, 4) is 0 Å². The van der Waals surface area contributed by atoms with Crippen molar-refractivity contribution in [2.75, 3.05) is 11.9 Å². The molecule has 1 aromatic heterocycles. The molecule has 0 saturated carbocycles. The predicted octanol–water partition coefficient (Wildman–Crippen LogP) is 2.99. The third-order valence-corrected chi connectivity index (χ3v) is 3.09. The molecule has 0 saturated heterocycles. The van der Waals surface area contributed by atoms with Crippen molar-refractivity contribution < 1.29 is 5.11 Å². The van der Waals surface area contributed by atoms with Crippen molar-refractivity contribution in [3.63, 3.8) is 0 Å². The summed E-state index contributed by atoms with van der Waals surface area (Å²) in [5.41, 5.74) is 1.03. The van der Waals surface area contributed by atoms with E-state index < -0.39 is 0 Å². The van der Waals surface area contributed by atoms with Crippen LogP contribution in [0, 0.1) is 0 Å². The molecule has 3 nitrogen and oxygen atoms in total. The van der Waals surface area contributed by atoms with E-state index in [-0.39, 0.29) is 12.6 Å². The molecule has 88 valence electrons. The normalized spacial score (nSPS) is 12.1. The van der Waals surface area contributed by atoms with E-state index in [0.717, 1.165) is 15.9 Å². The Morgan fingerprint density at radius 2 is 1.94 bits per heavy atom. The Morgan fingerprint density at radius 1 is 1.18 bits per heavy atom. The number of nitrogens with one attached hydrogen (secondary N) is 1. The molecule has 1 aromatic carbocycles. The molecule has 0 bridgehead atoms. The maximum absolute atomic E-state index is 9.43. The summed E-state index contributed by atoms with van der Waals surface area (Å²) in [6.07, 6.45) is 1.71. The summed E-state index contributed by atoms with van der Waals surface area (Å²) in [5, 5.41) is 12.6. The van der Waals surface area contributed by atoms with Gasteiger partial charge in [-0.05, 0) is 33.6 Å². The van der Waals surface area contributed by atoms with Crippen LogP contribution in [0.5, 0.6) is 0 Å². The smallest absolute Gasteiger partial charge is 0.140 e. The quantitative estimate of drug-likeness (QED) is 0.911. The molecule has 0 aliphatic heterocycles. The minimum atomic E-state index is -0.151. The summed E-state index contributed by atoms with van der Waals surface area (Å²) in [5.74, 6) is 0.732. The van der Waals surface area contributed by atoms with Crippen LogP contribution in [0.3, 0.4) is 0 Å². The highest BCUT2D eigenvalue weighted by Gasteiger charge is 2.11. The van der Waals surface area contributed by atoms with Gasteiger partial charge in [-0.3, -0.25) is 0 Å². The van der Waals surface area contributed by atoms with Crippen LogP contribution in [0.2, 0.25) is 0 Å². The second-order valence-electron chi connectivity index (χ2n) is 3.62. The van der Waals surface area contributed by atoms with Gasteiger partial charge in [0.1, 0.15) is 5.82 Å². The van der Waals surface area contributed by atoms with Gasteiger partial charge in [-0.15, -0.1) is 0 Å². The van der Waals surface area contributed by atoms with Crippen LogP contribution < -0.4 is 5.32 Å². The van der Waals surface area contributed by atoms with Crippen molar-refractivity contribution in [1.82, 2.24) is 4.98 Å². The maximum Gasteiger partial charge on any atom is 0.140 e. The standard InChI is InChI=1S/C13H13BrN2O/c14-11-7-4-8-15-13(11)16-12(9-17)10-5-2-1-3-6-10/h1-8,12,17H,9H2,(H,15,16)/t12-/m1/s1. The van der Waals surface area contributed by atoms with E-state index in [1.165, 1.54) is 0 Å². The first-order valence-corrected chi connectivity index (χ1v) is 6.13. The van der Waals surface area contributed by atoms with Crippen molar-refractivity contribution in [2.24, 2.45) is 0 Å². The summed E-state index contributed by atoms with van der Waals surface area (Å²) in [4.78, 5) is 4.22. The molecule has 1 heterocycles. The lowest BCUT2D eigenvalue weighted by atomic mass is 10.1. The third-order valence-electron chi connectivity index (χ3n) is 2.45. The molecule has 0 radical (unpaired) electrons. The number of aliphatic hydroxyl groups is 1. The Hall–Kier alpha value is -1.39. The van der Waals surface area contributed by atoms with Crippen molar-refractivity contribution >= 4 is 21.7 Å². The molecule has 1 atom stereocenters. The number of benzene rings is 1. The number of hydrogen-bond donors (Lipinski definition) is 2. The van der Waals surface area contributed by atoms with E-state index >= 15 is 0 Å². The number of aliphatic hydroxyl groups excluding tert-OH is 1. The van der Waals surface area contributed by atoms with Crippen molar-refractivity contribution in [3.05, 3.63) is 58.7 Å². The highest BCUT2D eigenvalue weighted by molar-refractivity contribution is 9.10. The molecule has 2 rings (SSSR count). The second-order valence-corrected chi connectivity index (χ2v) is 4.48. The van der Waals surface area contributed by atoms with Crippen LogP contribution in [0.1, 0.15) is 11.6 Å². The zero-order chi connectivity index (χ0) is 12.1. The van der Waals surface area contributed by atoms with E-state index in [9.17, 15) is 5.11 Å². The Bertz CT molecular complexity index is 476. The van der Waals surface area contributed by atoms with Gasteiger partial charge in [0, 0.05) is 6.20 Å².